The molecule has 3 fully saturated rings. The van der Waals surface area contributed by atoms with E-state index >= 15 is 0 Å². The van der Waals surface area contributed by atoms with Crippen LogP contribution in [0.1, 0.15) is 50.5 Å². The average Bonchev–Trinajstić information content (AvgIpc) is 3.22. The molecule has 0 bridgehead atoms. The first-order chi connectivity index (χ1) is 13.8. The second-order valence-corrected chi connectivity index (χ2v) is 8.60. The summed E-state index contributed by atoms with van der Waals surface area (Å²) in [5.74, 6) is 3.09. The highest BCUT2D eigenvalue weighted by molar-refractivity contribution is 5.55. The van der Waals surface area contributed by atoms with E-state index < -0.39 is 0 Å². The summed E-state index contributed by atoms with van der Waals surface area (Å²) in [5, 5.41) is 0. The number of piperazine rings is 1. The Balaban J connectivity index is 1.61. The third-order valence-electron chi connectivity index (χ3n) is 7.20. The molecular weight excluding hydrogens is 352 g/mol. The van der Waals surface area contributed by atoms with Crippen LogP contribution in [-0.4, -0.2) is 62.8 Å². The molecule has 0 spiro atoms. The Hall–Kier alpha value is -1.46. The molecule has 1 aromatic carbocycles. The fraction of sp³-hybridized carbons (Fsp3) is 0.739. The number of nitrogens with zero attached hydrogens (tertiary/aromatic N) is 2. The van der Waals surface area contributed by atoms with Crippen molar-refractivity contribution in [2.75, 3.05) is 41.0 Å². The van der Waals surface area contributed by atoms with Gasteiger partial charge in [-0.2, -0.15) is 0 Å². The number of fused-ring (bicyclic) bond motifs is 1. The van der Waals surface area contributed by atoms with Crippen molar-refractivity contribution < 1.29 is 14.2 Å². The number of benzene rings is 1. The van der Waals surface area contributed by atoms with Crippen LogP contribution in [0, 0.1) is 5.92 Å². The Morgan fingerprint density at radius 3 is 2.32 bits per heavy atom. The van der Waals surface area contributed by atoms with Gasteiger partial charge in [0.2, 0.25) is 5.75 Å². The molecule has 2 aliphatic heterocycles. The molecule has 1 saturated carbocycles. The Labute approximate surface area is 169 Å². The summed E-state index contributed by atoms with van der Waals surface area (Å²) in [6.45, 7) is 4.56. The molecule has 5 heteroatoms. The van der Waals surface area contributed by atoms with Crippen LogP contribution in [-0.2, 0) is 6.54 Å². The van der Waals surface area contributed by atoms with Crippen molar-refractivity contribution in [2.45, 2.75) is 63.6 Å². The summed E-state index contributed by atoms with van der Waals surface area (Å²) in [4.78, 5) is 5.52. The monoisotopic (exact) mass is 388 g/mol. The van der Waals surface area contributed by atoms with E-state index in [4.69, 9.17) is 14.2 Å². The first kappa shape index (κ1) is 19.8. The largest absolute Gasteiger partial charge is 0.493 e. The van der Waals surface area contributed by atoms with Gasteiger partial charge in [-0.15, -0.1) is 0 Å². The molecule has 0 N–H and O–H groups in total. The molecule has 1 aromatic rings. The van der Waals surface area contributed by atoms with Gasteiger partial charge in [-0.05, 0) is 44.2 Å². The van der Waals surface area contributed by atoms with E-state index in [1.54, 1.807) is 21.3 Å². The maximum atomic E-state index is 5.78. The van der Waals surface area contributed by atoms with Crippen LogP contribution < -0.4 is 14.2 Å². The molecule has 0 amide bonds. The molecule has 3 aliphatic rings. The smallest absolute Gasteiger partial charge is 0.203 e. The Bertz CT molecular complexity index is 659. The normalized spacial score (nSPS) is 26.8. The molecule has 2 atom stereocenters. The fourth-order valence-corrected chi connectivity index (χ4v) is 5.94. The summed E-state index contributed by atoms with van der Waals surface area (Å²) in [6, 6.07) is 5.58. The molecule has 0 radical (unpaired) electrons. The van der Waals surface area contributed by atoms with Crippen LogP contribution in [0.5, 0.6) is 17.2 Å². The highest BCUT2D eigenvalue weighted by Gasteiger charge is 2.43. The third kappa shape index (κ3) is 3.71. The summed E-state index contributed by atoms with van der Waals surface area (Å²) < 4.78 is 16.9. The van der Waals surface area contributed by atoms with Crippen molar-refractivity contribution in [1.82, 2.24) is 9.80 Å². The third-order valence-corrected chi connectivity index (χ3v) is 7.20. The van der Waals surface area contributed by atoms with Crippen LogP contribution in [0.4, 0.5) is 0 Å². The first-order valence-corrected chi connectivity index (χ1v) is 11.0. The van der Waals surface area contributed by atoms with E-state index in [2.05, 4.69) is 15.9 Å². The van der Waals surface area contributed by atoms with Gasteiger partial charge in [-0.3, -0.25) is 9.80 Å². The number of rotatable bonds is 6. The lowest BCUT2D eigenvalue weighted by Gasteiger charge is -2.49. The predicted octanol–water partition coefficient (Wildman–Crippen LogP) is 3.94. The lowest BCUT2D eigenvalue weighted by atomic mass is 9.78. The topological polar surface area (TPSA) is 34.2 Å². The molecule has 5 nitrogen and oxygen atoms in total. The zero-order chi connectivity index (χ0) is 19.5. The molecule has 28 heavy (non-hydrogen) atoms. The minimum atomic E-state index is 0.675. The number of hydrogen-bond acceptors (Lipinski definition) is 5. The molecule has 2 heterocycles. The van der Waals surface area contributed by atoms with E-state index in [-0.39, 0.29) is 0 Å². The number of methoxy groups -OCH3 is 3. The first-order valence-electron chi connectivity index (χ1n) is 11.0. The Morgan fingerprint density at radius 2 is 1.61 bits per heavy atom. The summed E-state index contributed by atoms with van der Waals surface area (Å²) in [5.41, 5.74) is 1.20. The van der Waals surface area contributed by atoms with Gasteiger partial charge >= 0.3 is 0 Å². The Kier molecular flexibility index (Phi) is 6.32. The van der Waals surface area contributed by atoms with Gasteiger partial charge in [0, 0.05) is 37.3 Å². The number of ether oxygens (including phenoxy) is 3. The van der Waals surface area contributed by atoms with Gasteiger partial charge in [0.1, 0.15) is 0 Å². The van der Waals surface area contributed by atoms with Crippen molar-refractivity contribution in [3.63, 3.8) is 0 Å². The summed E-state index contributed by atoms with van der Waals surface area (Å²) in [6.07, 6.45) is 9.75. The number of hydrogen-bond donors (Lipinski definition) is 0. The zero-order valence-corrected chi connectivity index (χ0v) is 17.8. The van der Waals surface area contributed by atoms with Crippen molar-refractivity contribution >= 4 is 0 Å². The van der Waals surface area contributed by atoms with Crippen LogP contribution in [0.15, 0.2) is 12.1 Å². The van der Waals surface area contributed by atoms with Crippen LogP contribution in [0.3, 0.4) is 0 Å². The average molecular weight is 389 g/mol. The molecule has 2 saturated heterocycles. The maximum Gasteiger partial charge on any atom is 0.203 e. The van der Waals surface area contributed by atoms with Gasteiger partial charge in [0.05, 0.1) is 21.3 Å². The van der Waals surface area contributed by atoms with Crippen LogP contribution >= 0.6 is 0 Å². The second kappa shape index (κ2) is 8.91. The van der Waals surface area contributed by atoms with Gasteiger partial charge in [0.15, 0.2) is 11.5 Å². The van der Waals surface area contributed by atoms with Crippen molar-refractivity contribution in [1.29, 1.82) is 0 Å². The molecule has 0 unspecified atom stereocenters. The lowest BCUT2D eigenvalue weighted by molar-refractivity contribution is -0.00417. The van der Waals surface area contributed by atoms with Gasteiger partial charge < -0.3 is 14.2 Å². The highest BCUT2D eigenvalue weighted by atomic mass is 16.5. The van der Waals surface area contributed by atoms with E-state index in [0.717, 1.165) is 36.5 Å². The zero-order valence-electron chi connectivity index (χ0n) is 17.8. The van der Waals surface area contributed by atoms with Crippen LogP contribution in [0.25, 0.3) is 0 Å². The molecular formula is C23H36N2O3. The highest BCUT2D eigenvalue weighted by Crippen LogP contribution is 2.42. The van der Waals surface area contributed by atoms with E-state index in [1.807, 2.05) is 6.07 Å². The summed E-state index contributed by atoms with van der Waals surface area (Å²) in [7, 11) is 5.09. The molecule has 156 valence electrons. The van der Waals surface area contributed by atoms with Gasteiger partial charge in [0.25, 0.3) is 0 Å². The molecule has 4 rings (SSSR count). The standard InChI is InChI=1S/C23H36N2O3/c1-26-20-12-11-18(22(27-2)23(20)28-3)16-25-15-14-24-13-7-10-19(24)21(25)17-8-5-4-6-9-17/h11-12,17,19,21H,4-10,13-16H2,1-3H3/t19-,21-/m0/s1. The molecule has 1 aliphatic carbocycles. The van der Waals surface area contributed by atoms with Crippen molar-refractivity contribution in [2.24, 2.45) is 5.92 Å². The quantitative estimate of drug-likeness (QED) is 0.737. The van der Waals surface area contributed by atoms with E-state index in [1.165, 1.54) is 63.6 Å². The second-order valence-electron chi connectivity index (χ2n) is 8.60. The minimum Gasteiger partial charge on any atom is -0.493 e. The van der Waals surface area contributed by atoms with Gasteiger partial charge in [-0.25, -0.2) is 0 Å². The van der Waals surface area contributed by atoms with Gasteiger partial charge in [-0.1, -0.05) is 25.3 Å². The van der Waals surface area contributed by atoms with Crippen molar-refractivity contribution in [3.8, 4) is 17.2 Å². The minimum absolute atomic E-state index is 0.675. The predicted molar refractivity (Wildman–Crippen MR) is 111 cm³/mol. The maximum absolute atomic E-state index is 5.78. The van der Waals surface area contributed by atoms with Crippen molar-refractivity contribution in [3.05, 3.63) is 17.7 Å². The lowest BCUT2D eigenvalue weighted by Crippen LogP contribution is -2.59. The fourth-order valence-electron chi connectivity index (χ4n) is 5.94. The molecule has 0 aromatic heterocycles. The van der Waals surface area contributed by atoms with E-state index in [9.17, 15) is 0 Å². The van der Waals surface area contributed by atoms with Crippen LogP contribution in [0.2, 0.25) is 0 Å². The summed E-state index contributed by atoms with van der Waals surface area (Å²) >= 11 is 0. The SMILES string of the molecule is COc1ccc(CN2CCN3CCC[C@H]3[C@@H]2C2CCCCC2)c(OC)c1OC. The van der Waals surface area contributed by atoms with E-state index in [0.29, 0.717) is 11.8 Å². The Morgan fingerprint density at radius 1 is 0.821 bits per heavy atom.